The molecule has 17 heavy (non-hydrogen) atoms. The Bertz CT molecular complexity index is 459. The zero-order valence-electron chi connectivity index (χ0n) is 10.0. The van der Waals surface area contributed by atoms with Gasteiger partial charge in [-0.15, -0.1) is 0 Å². The second kappa shape index (κ2) is 5.39. The van der Waals surface area contributed by atoms with Gasteiger partial charge in [-0.1, -0.05) is 31.2 Å². The molecular weight excluding hydrogens is 210 g/mol. The summed E-state index contributed by atoms with van der Waals surface area (Å²) < 4.78 is 5.66. The molecule has 2 N–H and O–H groups in total. The predicted molar refractivity (Wildman–Crippen MR) is 71.0 cm³/mol. The number of hydrogen-bond donors (Lipinski definition) is 1. The average molecular weight is 227 g/mol. The molecule has 0 aromatic heterocycles. The molecule has 2 nitrogen and oxygen atoms in total. The van der Waals surface area contributed by atoms with Gasteiger partial charge in [0, 0.05) is 5.69 Å². The topological polar surface area (TPSA) is 35.2 Å². The van der Waals surface area contributed by atoms with Crippen molar-refractivity contribution in [3.8, 4) is 5.75 Å². The molecule has 2 rings (SSSR count). The van der Waals surface area contributed by atoms with E-state index in [-0.39, 0.29) is 0 Å². The Labute approximate surface area is 102 Å². The molecule has 2 aromatic carbocycles. The number of benzene rings is 2. The van der Waals surface area contributed by atoms with E-state index in [0.717, 1.165) is 17.9 Å². The van der Waals surface area contributed by atoms with Crippen molar-refractivity contribution in [2.75, 3.05) is 5.73 Å². The fraction of sp³-hybridized carbons (Fsp3) is 0.200. The molecule has 0 aliphatic rings. The van der Waals surface area contributed by atoms with Crippen LogP contribution in [-0.2, 0) is 13.0 Å². The molecule has 0 aliphatic heterocycles. The summed E-state index contributed by atoms with van der Waals surface area (Å²) in [5.41, 5.74) is 8.89. The molecule has 2 aromatic rings. The quantitative estimate of drug-likeness (QED) is 0.812. The zero-order valence-corrected chi connectivity index (χ0v) is 10.0. The van der Waals surface area contributed by atoms with Crippen LogP contribution in [0.25, 0.3) is 0 Å². The first-order valence-corrected chi connectivity index (χ1v) is 5.84. The normalized spacial score (nSPS) is 10.2. The summed E-state index contributed by atoms with van der Waals surface area (Å²) in [6.45, 7) is 2.74. The van der Waals surface area contributed by atoms with Crippen molar-refractivity contribution >= 4 is 5.69 Å². The number of hydrogen-bond acceptors (Lipinski definition) is 2. The maximum absolute atomic E-state index is 5.66. The predicted octanol–water partition coefficient (Wildman–Crippen LogP) is 3.41. The molecular formula is C15H17NO. The fourth-order valence-corrected chi connectivity index (χ4v) is 1.60. The van der Waals surface area contributed by atoms with Crippen LogP contribution in [0.15, 0.2) is 48.5 Å². The Morgan fingerprint density at radius 1 is 0.882 bits per heavy atom. The second-order valence-electron chi connectivity index (χ2n) is 4.03. The molecule has 0 aliphatic carbocycles. The lowest BCUT2D eigenvalue weighted by atomic mass is 10.1. The molecule has 0 atom stereocenters. The van der Waals surface area contributed by atoms with Crippen LogP contribution in [0.3, 0.4) is 0 Å². The summed E-state index contributed by atoms with van der Waals surface area (Å²) in [5, 5.41) is 0. The fourth-order valence-electron chi connectivity index (χ4n) is 1.60. The summed E-state index contributed by atoms with van der Waals surface area (Å²) in [5.74, 6) is 0.846. The largest absolute Gasteiger partial charge is 0.489 e. The first-order valence-electron chi connectivity index (χ1n) is 5.84. The minimum absolute atomic E-state index is 0.591. The zero-order chi connectivity index (χ0) is 12.1. The lowest BCUT2D eigenvalue weighted by Gasteiger charge is -2.07. The number of ether oxygens (including phenoxy) is 1. The SMILES string of the molecule is CCc1ccc(COc2ccc(N)cc2)cc1. The second-order valence-corrected chi connectivity index (χ2v) is 4.03. The Hall–Kier alpha value is -1.96. The molecule has 0 spiro atoms. The van der Waals surface area contributed by atoms with Gasteiger partial charge < -0.3 is 10.5 Å². The highest BCUT2D eigenvalue weighted by atomic mass is 16.5. The van der Waals surface area contributed by atoms with Crippen LogP contribution in [-0.4, -0.2) is 0 Å². The minimum atomic E-state index is 0.591. The van der Waals surface area contributed by atoms with Crippen LogP contribution in [0.1, 0.15) is 18.1 Å². The van der Waals surface area contributed by atoms with E-state index in [1.165, 1.54) is 11.1 Å². The number of anilines is 1. The Morgan fingerprint density at radius 2 is 1.47 bits per heavy atom. The first-order chi connectivity index (χ1) is 8.28. The molecule has 0 saturated heterocycles. The number of nitrogens with two attached hydrogens (primary N) is 1. The summed E-state index contributed by atoms with van der Waals surface area (Å²) >= 11 is 0. The molecule has 0 amide bonds. The average Bonchev–Trinajstić information content (AvgIpc) is 2.39. The summed E-state index contributed by atoms with van der Waals surface area (Å²) in [6, 6.07) is 16.0. The van der Waals surface area contributed by atoms with E-state index in [1.54, 1.807) is 0 Å². The van der Waals surface area contributed by atoms with Crippen LogP contribution < -0.4 is 10.5 Å². The van der Waals surface area contributed by atoms with Crippen LogP contribution >= 0.6 is 0 Å². The van der Waals surface area contributed by atoms with Crippen LogP contribution in [0, 0.1) is 0 Å². The van der Waals surface area contributed by atoms with Gasteiger partial charge in [0.1, 0.15) is 12.4 Å². The first kappa shape index (κ1) is 11.5. The molecule has 2 heteroatoms. The van der Waals surface area contributed by atoms with Gasteiger partial charge >= 0.3 is 0 Å². The maximum atomic E-state index is 5.66. The van der Waals surface area contributed by atoms with Gasteiger partial charge in [0.15, 0.2) is 0 Å². The van der Waals surface area contributed by atoms with Crippen molar-refractivity contribution in [1.82, 2.24) is 0 Å². The van der Waals surface area contributed by atoms with Crippen molar-refractivity contribution in [1.29, 1.82) is 0 Å². The smallest absolute Gasteiger partial charge is 0.119 e. The molecule has 0 bridgehead atoms. The number of nitrogen functional groups attached to an aromatic ring is 1. The van der Waals surface area contributed by atoms with Crippen LogP contribution in [0.4, 0.5) is 5.69 Å². The van der Waals surface area contributed by atoms with Crippen LogP contribution in [0.5, 0.6) is 5.75 Å². The van der Waals surface area contributed by atoms with E-state index < -0.39 is 0 Å². The van der Waals surface area contributed by atoms with Gasteiger partial charge in [-0.3, -0.25) is 0 Å². The highest BCUT2D eigenvalue weighted by molar-refractivity contribution is 5.41. The molecule has 0 fully saturated rings. The monoisotopic (exact) mass is 227 g/mol. The van der Waals surface area contributed by atoms with Crippen LogP contribution in [0.2, 0.25) is 0 Å². The Balaban J connectivity index is 1.95. The molecule has 0 saturated carbocycles. The van der Waals surface area contributed by atoms with E-state index in [0.29, 0.717) is 6.61 Å². The highest BCUT2D eigenvalue weighted by Crippen LogP contribution is 2.15. The van der Waals surface area contributed by atoms with Crippen molar-refractivity contribution in [2.45, 2.75) is 20.0 Å². The van der Waals surface area contributed by atoms with E-state index in [1.807, 2.05) is 24.3 Å². The van der Waals surface area contributed by atoms with E-state index in [4.69, 9.17) is 10.5 Å². The van der Waals surface area contributed by atoms with Gasteiger partial charge in [-0.05, 0) is 41.8 Å². The number of rotatable bonds is 4. The molecule has 0 unspecified atom stereocenters. The van der Waals surface area contributed by atoms with Crippen molar-refractivity contribution < 1.29 is 4.74 Å². The molecule has 88 valence electrons. The summed E-state index contributed by atoms with van der Waals surface area (Å²) in [6.07, 6.45) is 1.07. The van der Waals surface area contributed by atoms with Crippen molar-refractivity contribution in [3.05, 3.63) is 59.7 Å². The number of aryl methyl sites for hydroxylation is 1. The van der Waals surface area contributed by atoms with Gasteiger partial charge in [-0.25, -0.2) is 0 Å². The van der Waals surface area contributed by atoms with Gasteiger partial charge in [0.25, 0.3) is 0 Å². The van der Waals surface area contributed by atoms with E-state index >= 15 is 0 Å². The third kappa shape index (κ3) is 3.25. The minimum Gasteiger partial charge on any atom is -0.489 e. The lowest BCUT2D eigenvalue weighted by Crippen LogP contribution is -1.95. The molecule has 0 heterocycles. The standard InChI is InChI=1S/C15H17NO/c1-2-12-3-5-13(6-4-12)11-17-15-9-7-14(16)8-10-15/h3-10H,2,11,16H2,1H3. The van der Waals surface area contributed by atoms with Crippen molar-refractivity contribution in [3.63, 3.8) is 0 Å². The highest BCUT2D eigenvalue weighted by Gasteiger charge is 1.96. The summed E-state index contributed by atoms with van der Waals surface area (Å²) in [4.78, 5) is 0. The van der Waals surface area contributed by atoms with E-state index in [2.05, 4.69) is 31.2 Å². The molecule has 0 radical (unpaired) electrons. The third-order valence-electron chi connectivity index (χ3n) is 2.72. The Kier molecular flexibility index (Phi) is 3.66. The van der Waals surface area contributed by atoms with Gasteiger partial charge in [0.05, 0.1) is 0 Å². The van der Waals surface area contributed by atoms with Gasteiger partial charge in [-0.2, -0.15) is 0 Å². The van der Waals surface area contributed by atoms with E-state index in [9.17, 15) is 0 Å². The third-order valence-corrected chi connectivity index (χ3v) is 2.72. The van der Waals surface area contributed by atoms with Crippen molar-refractivity contribution in [2.24, 2.45) is 0 Å². The lowest BCUT2D eigenvalue weighted by molar-refractivity contribution is 0.306. The maximum Gasteiger partial charge on any atom is 0.119 e. The summed E-state index contributed by atoms with van der Waals surface area (Å²) in [7, 11) is 0. The Morgan fingerprint density at radius 3 is 2.06 bits per heavy atom. The van der Waals surface area contributed by atoms with Gasteiger partial charge in [0.2, 0.25) is 0 Å².